The maximum Gasteiger partial charge on any atom is 0.179 e. The van der Waals surface area contributed by atoms with E-state index in [0.717, 1.165) is 17.6 Å². The molecule has 0 saturated carbocycles. The summed E-state index contributed by atoms with van der Waals surface area (Å²) in [4.78, 5) is 0. The zero-order valence-corrected chi connectivity index (χ0v) is 8.94. The summed E-state index contributed by atoms with van der Waals surface area (Å²) in [5.41, 5.74) is 4.91. The molecule has 0 aromatic carbocycles. The molecule has 0 saturated heterocycles. The molecule has 1 aliphatic rings. The van der Waals surface area contributed by atoms with Crippen molar-refractivity contribution in [1.29, 1.82) is 0 Å². The molecule has 0 aromatic rings. The molecule has 0 bridgehead atoms. The van der Waals surface area contributed by atoms with E-state index in [1.807, 2.05) is 13.0 Å². The van der Waals surface area contributed by atoms with Gasteiger partial charge in [0, 0.05) is 5.41 Å². The lowest BCUT2D eigenvalue weighted by atomic mass is 9.76. The molecule has 0 radical (unpaired) electrons. The molecular formula is C10H14O2S. The average Bonchev–Trinajstić information content (AvgIpc) is 1.96. The van der Waals surface area contributed by atoms with Gasteiger partial charge in [0.2, 0.25) is 0 Å². The molecule has 1 atom stereocenters. The van der Waals surface area contributed by atoms with Gasteiger partial charge in [-0.2, -0.15) is 0 Å². The summed E-state index contributed by atoms with van der Waals surface area (Å²) in [5, 5.41) is 1.40. The Morgan fingerprint density at radius 1 is 1.69 bits per heavy atom. The number of hydrogen-bond acceptors (Lipinski definition) is 1. The number of hydrogen-bond donors (Lipinski definition) is 1. The van der Waals surface area contributed by atoms with Crippen LogP contribution in [0.15, 0.2) is 28.4 Å². The SMILES string of the molecule is CC1=C=CCC(C)(C)C1=CS(=O)O. The van der Waals surface area contributed by atoms with Crippen molar-refractivity contribution in [2.75, 3.05) is 0 Å². The van der Waals surface area contributed by atoms with Gasteiger partial charge in [0.1, 0.15) is 0 Å². The highest BCUT2D eigenvalue weighted by Crippen LogP contribution is 2.37. The Morgan fingerprint density at radius 3 is 2.77 bits per heavy atom. The van der Waals surface area contributed by atoms with Crippen LogP contribution in [0.25, 0.3) is 0 Å². The lowest BCUT2D eigenvalue weighted by Gasteiger charge is -2.28. The minimum atomic E-state index is -1.87. The highest BCUT2D eigenvalue weighted by atomic mass is 32.2. The molecule has 0 spiro atoms. The van der Waals surface area contributed by atoms with Crippen molar-refractivity contribution in [2.45, 2.75) is 27.2 Å². The zero-order chi connectivity index (χ0) is 10.1. The Balaban J connectivity index is 3.17. The number of rotatable bonds is 1. The summed E-state index contributed by atoms with van der Waals surface area (Å²) in [5.74, 6) is 0. The van der Waals surface area contributed by atoms with Crippen LogP contribution in [0.2, 0.25) is 0 Å². The molecule has 0 fully saturated rings. The molecule has 1 N–H and O–H groups in total. The van der Waals surface area contributed by atoms with Gasteiger partial charge < -0.3 is 4.55 Å². The van der Waals surface area contributed by atoms with Crippen LogP contribution < -0.4 is 0 Å². The van der Waals surface area contributed by atoms with Crippen molar-refractivity contribution in [3.63, 3.8) is 0 Å². The zero-order valence-electron chi connectivity index (χ0n) is 8.13. The lowest BCUT2D eigenvalue weighted by Crippen LogP contribution is -2.17. The van der Waals surface area contributed by atoms with Crippen LogP contribution in [0, 0.1) is 5.41 Å². The molecule has 0 amide bonds. The highest BCUT2D eigenvalue weighted by Gasteiger charge is 2.25. The second kappa shape index (κ2) is 3.62. The molecule has 2 nitrogen and oxygen atoms in total. The Labute approximate surface area is 81.3 Å². The topological polar surface area (TPSA) is 37.3 Å². The smallest absolute Gasteiger partial charge is 0.179 e. The van der Waals surface area contributed by atoms with Gasteiger partial charge in [-0.15, -0.1) is 5.73 Å². The Kier molecular flexibility index (Phi) is 2.91. The van der Waals surface area contributed by atoms with E-state index in [-0.39, 0.29) is 5.41 Å². The second-order valence-electron chi connectivity index (χ2n) is 3.87. The normalized spacial score (nSPS) is 25.8. The van der Waals surface area contributed by atoms with Gasteiger partial charge in [0.25, 0.3) is 0 Å². The maximum atomic E-state index is 10.7. The van der Waals surface area contributed by atoms with Crippen molar-refractivity contribution in [2.24, 2.45) is 5.41 Å². The van der Waals surface area contributed by atoms with E-state index >= 15 is 0 Å². The van der Waals surface area contributed by atoms with Gasteiger partial charge in [-0.25, -0.2) is 4.21 Å². The third-order valence-corrected chi connectivity index (χ3v) is 2.72. The van der Waals surface area contributed by atoms with E-state index in [0.29, 0.717) is 0 Å². The standard InChI is InChI=1S/C10H14O2S/c1-8-5-4-6-10(2,3)9(8)7-13(11)12/h4,7H,6H2,1-3H3,(H,11,12). The van der Waals surface area contributed by atoms with Gasteiger partial charge in [-0.3, -0.25) is 0 Å². The van der Waals surface area contributed by atoms with Crippen LogP contribution in [0.1, 0.15) is 27.2 Å². The summed E-state index contributed by atoms with van der Waals surface area (Å²) in [7, 11) is 0. The van der Waals surface area contributed by atoms with E-state index in [2.05, 4.69) is 19.6 Å². The quantitative estimate of drug-likeness (QED) is 0.519. The molecule has 13 heavy (non-hydrogen) atoms. The van der Waals surface area contributed by atoms with Crippen LogP contribution in [0.5, 0.6) is 0 Å². The fourth-order valence-electron chi connectivity index (χ4n) is 1.50. The molecule has 3 heteroatoms. The van der Waals surface area contributed by atoms with E-state index in [9.17, 15) is 4.21 Å². The first-order valence-electron chi connectivity index (χ1n) is 4.17. The fourth-order valence-corrected chi connectivity index (χ4v) is 2.20. The van der Waals surface area contributed by atoms with Crippen molar-refractivity contribution >= 4 is 11.1 Å². The molecule has 0 aromatic heterocycles. The fraction of sp³-hybridized carbons (Fsp3) is 0.500. The summed E-state index contributed by atoms with van der Waals surface area (Å²) in [6, 6.07) is 0. The highest BCUT2D eigenvalue weighted by molar-refractivity contribution is 7.82. The predicted octanol–water partition coefficient (Wildman–Crippen LogP) is 2.62. The molecule has 0 aliphatic heterocycles. The number of allylic oxidation sites excluding steroid dienone is 2. The summed E-state index contributed by atoms with van der Waals surface area (Å²) in [6.45, 7) is 6.04. The molecular weight excluding hydrogens is 184 g/mol. The van der Waals surface area contributed by atoms with Crippen molar-refractivity contribution in [3.8, 4) is 0 Å². The van der Waals surface area contributed by atoms with Crippen molar-refractivity contribution < 1.29 is 8.76 Å². The Morgan fingerprint density at radius 2 is 2.31 bits per heavy atom. The predicted molar refractivity (Wildman–Crippen MR) is 54.5 cm³/mol. The van der Waals surface area contributed by atoms with E-state index in [1.54, 1.807) is 0 Å². The third-order valence-electron chi connectivity index (χ3n) is 2.28. The minimum Gasteiger partial charge on any atom is -0.303 e. The first-order chi connectivity index (χ1) is 5.93. The lowest BCUT2D eigenvalue weighted by molar-refractivity contribution is 0.454. The van der Waals surface area contributed by atoms with Gasteiger partial charge >= 0.3 is 0 Å². The summed E-state index contributed by atoms with van der Waals surface area (Å²) in [6.07, 6.45) is 2.85. The molecule has 1 aliphatic carbocycles. The van der Waals surface area contributed by atoms with Crippen LogP contribution in [-0.2, 0) is 11.1 Å². The van der Waals surface area contributed by atoms with Crippen LogP contribution in [0.3, 0.4) is 0 Å². The largest absolute Gasteiger partial charge is 0.303 e. The Bertz CT molecular complexity index is 331. The summed E-state index contributed by atoms with van der Waals surface area (Å²) >= 11 is -1.87. The minimum absolute atomic E-state index is 0.0479. The van der Waals surface area contributed by atoms with Crippen LogP contribution in [0.4, 0.5) is 0 Å². The van der Waals surface area contributed by atoms with Gasteiger partial charge in [0.05, 0.1) is 0 Å². The molecule has 1 unspecified atom stereocenters. The Hall–Kier alpha value is -0.630. The van der Waals surface area contributed by atoms with Crippen molar-refractivity contribution in [1.82, 2.24) is 0 Å². The average molecular weight is 198 g/mol. The molecule has 1 rings (SSSR count). The second-order valence-corrected chi connectivity index (χ2v) is 4.66. The van der Waals surface area contributed by atoms with Crippen LogP contribution in [-0.4, -0.2) is 8.76 Å². The van der Waals surface area contributed by atoms with E-state index in [4.69, 9.17) is 4.55 Å². The summed E-state index contributed by atoms with van der Waals surface area (Å²) < 4.78 is 19.5. The molecule has 72 valence electrons. The monoisotopic (exact) mass is 198 g/mol. The van der Waals surface area contributed by atoms with Gasteiger partial charge in [-0.1, -0.05) is 13.8 Å². The molecule has 0 heterocycles. The van der Waals surface area contributed by atoms with Gasteiger partial charge in [-0.05, 0) is 36.0 Å². The van der Waals surface area contributed by atoms with E-state index < -0.39 is 11.1 Å². The first-order valence-corrected chi connectivity index (χ1v) is 5.34. The third kappa shape index (κ3) is 2.41. The first kappa shape index (κ1) is 10.5. The maximum absolute atomic E-state index is 10.7. The van der Waals surface area contributed by atoms with Crippen LogP contribution >= 0.6 is 0 Å². The van der Waals surface area contributed by atoms with E-state index in [1.165, 1.54) is 5.41 Å². The van der Waals surface area contributed by atoms with Crippen molar-refractivity contribution in [3.05, 3.63) is 28.4 Å². The van der Waals surface area contributed by atoms with Gasteiger partial charge in [0.15, 0.2) is 11.1 Å².